The van der Waals surface area contributed by atoms with Crippen molar-refractivity contribution >= 4 is 11.9 Å². The number of ether oxygens (including phenoxy) is 1. The summed E-state index contributed by atoms with van der Waals surface area (Å²) < 4.78 is 22.7. The van der Waals surface area contributed by atoms with Crippen LogP contribution in [0.4, 0.5) is 4.39 Å². The molecule has 38 heavy (non-hydrogen) atoms. The van der Waals surface area contributed by atoms with Gasteiger partial charge >= 0.3 is 5.97 Å². The fourth-order valence-corrected chi connectivity index (χ4v) is 6.12. The second kappa shape index (κ2) is 10.2. The van der Waals surface area contributed by atoms with Gasteiger partial charge in [-0.1, -0.05) is 53.0 Å². The van der Waals surface area contributed by atoms with E-state index in [2.05, 4.69) is 51.2 Å². The fourth-order valence-electron chi connectivity index (χ4n) is 6.12. The second-order valence-corrected chi connectivity index (χ2v) is 13.3. The Balaban J connectivity index is 1.50. The summed E-state index contributed by atoms with van der Waals surface area (Å²) in [6, 6.07) is 8.36. The van der Waals surface area contributed by atoms with Crippen molar-refractivity contribution in [2.45, 2.75) is 109 Å². The lowest BCUT2D eigenvalue weighted by Crippen LogP contribution is -2.47. The van der Waals surface area contributed by atoms with E-state index in [-0.39, 0.29) is 34.3 Å². The highest BCUT2D eigenvalue weighted by molar-refractivity contribution is 5.96. The molecule has 3 fully saturated rings. The van der Waals surface area contributed by atoms with Gasteiger partial charge in [-0.05, 0) is 90.2 Å². The third-order valence-electron chi connectivity index (χ3n) is 9.24. The molecule has 1 aromatic heterocycles. The average Bonchev–Trinajstić information content (AvgIpc) is 3.54. The maximum absolute atomic E-state index is 16.1. The number of esters is 1. The van der Waals surface area contributed by atoms with Gasteiger partial charge in [0, 0.05) is 12.6 Å². The predicted octanol–water partition coefficient (Wildman–Crippen LogP) is 6.90. The third kappa shape index (κ3) is 5.41. The van der Waals surface area contributed by atoms with Crippen LogP contribution in [0, 0.1) is 17.8 Å². The fraction of sp³-hybridized carbons (Fsp3) is 0.625. The van der Waals surface area contributed by atoms with E-state index < -0.39 is 11.9 Å². The Bertz CT molecular complexity index is 1180. The topological polar surface area (TPSA) is 60.3 Å². The number of amides is 1. The molecule has 206 valence electrons. The van der Waals surface area contributed by atoms with Crippen LogP contribution in [0.3, 0.4) is 0 Å². The van der Waals surface area contributed by atoms with Gasteiger partial charge in [-0.2, -0.15) is 4.39 Å². The molecular weight excluding hydrogens is 479 g/mol. The van der Waals surface area contributed by atoms with Crippen molar-refractivity contribution in [3.05, 3.63) is 46.9 Å². The molecule has 1 aromatic carbocycles. The Morgan fingerprint density at radius 3 is 2.37 bits per heavy atom. The van der Waals surface area contributed by atoms with Crippen molar-refractivity contribution in [3.63, 3.8) is 0 Å². The second-order valence-electron chi connectivity index (χ2n) is 13.3. The van der Waals surface area contributed by atoms with Gasteiger partial charge < -0.3 is 14.6 Å². The smallest absolute Gasteiger partial charge is 0.308 e. The summed E-state index contributed by atoms with van der Waals surface area (Å²) in [4.78, 5) is 25.0. The van der Waals surface area contributed by atoms with Gasteiger partial charge in [0.15, 0.2) is 0 Å². The zero-order valence-corrected chi connectivity index (χ0v) is 23.7. The first kappa shape index (κ1) is 27.0. The molecule has 1 N–H and O–H groups in total. The predicted molar refractivity (Wildman–Crippen MR) is 148 cm³/mol. The van der Waals surface area contributed by atoms with Crippen molar-refractivity contribution < 1.29 is 18.7 Å². The molecule has 6 heteroatoms. The highest BCUT2D eigenvalue weighted by Gasteiger charge is 2.40. The van der Waals surface area contributed by atoms with E-state index in [0.29, 0.717) is 25.3 Å². The van der Waals surface area contributed by atoms with E-state index in [1.807, 2.05) is 0 Å². The highest BCUT2D eigenvalue weighted by Crippen LogP contribution is 2.49. The molecule has 3 aliphatic carbocycles. The van der Waals surface area contributed by atoms with Crippen LogP contribution in [-0.2, 0) is 26.9 Å². The first-order chi connectivity index (χ1) is 18.0. The number of methoxy groups -OCH3 is 1. The highest BCUT2D eigenvalue weighted by atomic mass is 19.1. The Morgan fingerprint density at radius 2 is 1.76 bits per heavy atom. The largest absolute Gasteiger partial charge is 0.469 e. The maximum Gasteiger partial charge on any atom is 0.308 e. The molecule has 0 aliphatic heterocycles. The maximum atomic E-state index is 16.1. The number of hydrogen-bond acceptors (Lipinski definition) is 3. The van der Waals surface area contributed by atoms with E-state index in [4.69, 9.17) is 4.74 Å². The van der Waals surface area contributed by atoms with Crippen LogP contribution in [0.15, 0.2) is 24.3 Å². The average molecular weight is 523 g/mol. The number of halogens is 1. The Labute approximate surface area is 226 Å². The van der Waals surface area contributed by atoms with Gasteiger partial charge in [0.05, 0.1) is 24.3 Å². The molecule has 2 aromatic rings. The minimum Gasteiger partial charge on any atom is -0.469 e. The first-order valence-electron chi connectivity index (χ1n) is 14.4. The van der Waals surface area contributed by atoms with Crippen LogP contribution in [-0.4, -0.2) is 29.6 Å². The van der Waals surface area contributed by atoms with Gasteiger partial charge in [0.2, 0.25) is 5.95 Å². The minimum absolute atomic E-state index is 0.0457. The van der Waals surface area contributed by atoms with Gasteiger partial charge in [0.1, 0.15) is 0 Å². The summed E-state index contributed by atoms with van der Waals surface area (Å²) in [6.07, 6.45) is 9.20. The lowest BCUT2D eigenvalue weighted by Gasteiger charge is -2.33. The number of aromatic nitrogens is 1. The number of carbonyl (C=O) groups excluding carboxylic acids is 2. The van der Waals surface area contributed by atoms with E-state index >= 15 is 4.39 Å². The summed E-state index contributed by atoms with van der Waals surface area (Å²) in [7, 11) is 1.38. The number of rotatable bonds is 7. The van der Waals surface area contributed by atoms with Gasteiger partial charge in [-0.15, -0.1) is 0 Å². The summed E-state index contributed by atoms with van der Waals surface area (Å²) in [5, 5.41) is 2.96. The van der Waals surface area contributed by atoms with E-state index in [0.717, 1.165) is 24.1 Å². The SMILES string of the molecule is COC(=O)[C@H]1C[C@H](NC(=O)c2cc(-c3cc(C(C)(C)C)cc(C4(C)CC4)c3)n(CC3CCCCC3)c2F)C1. The van der Waals surface area contributed by atoms with E-state index in [1.54, 1.807) is 10.6 Å². The summed E-state index contributed by atoms with van der Waals surface area (Å²) in [5.41, 5.74) is 4.54. The Morgan fingerprint density at radius 1 is 1.08 bits per heavy atom. The number of carbonyl (C=O) groups is 2. The lowest BCUT2D eigenvalue weighted by molar-refractivity contribution is -0.149. The molecule has 0 spiro atoms. The van der Waals surface area contributed by atoms with Gasteiger partial charge in [0.25, 0.3) is 5.91 Å². The third-order valence-corrected chi connectivity index (χ3v) is 9.24. The zero-order chi connectivity index (χ0) is 27.2. The van der Waals surface area contributed by atoms with E-state index in [1.165, 1.54) is 50.3 Å². The molecule has 5 rings (SSSR count). The molecule has 3 aliphatic rings. The molecular formula is C32H43FN2O3. The minimum atomic E-state index is -0.452. The number of nitrogens with zero attached hydrogens (tertiary/aromatic N) is 1. The molecule has 0 atom stereocenters. The summed E-state index contributed by atoms with van der Waals surface area (Å²) >= 11 is 0. The Kier molecular flexibility index (Phi) is 7.21. The quantitative estimate of drug-likeness (QED) is 0.402. The lowest BCUT2D eigenvalue weighted by atomic mass is 9.80. The van der Waals surface area contributed by atoms with Gasteiger partial charge in [-0.3, -0.25) is 9.59 Å². The van der Waals surface area contributed by atoms with Crippen molar-refractivity contribution in [1.82, 2.24) is 9.88 Å². The van der Waals surface area contributed by atoms with Crippen LogP contribution in [0.2, 0.25) is 0 Å². The summed E-state index contributed by atoms with van der Waals surface area (Å²) in [5.74, 6) is -0.877. The molecule has 1 heterocycles. The molecule has 0 bridgehead atoms. The standard InChI is InChI=1S/C32H43FN2O3/c1-31(2,3)23-13-21(14-24(17-23)32(4)11-12-32)27-18-26(28(33)35(27)19-20-9-7-6-8-10-20)29(36)34-25-15-22(16-25)30(37)38-5/h13-14,17-18,20,22,25H,6-12,15-16,19H2,1-5H3,(H,34,36)/t22-,25-. The van der Waals surface area contributed by atoms with Crippen molar-refractivity contribution in [1.29, 1.82) is 0 Å². The van der Waals surface area contributed by atoms with Gasteiger partial charge in [-0.25, -0.2) is 0 Å². The van der Waals surface area contributed by atoms with Crippen LogP contribution < -0.4 is 5.32 Å². The molecule has 0 radical (unpaired) electrons. The molecule has 1 amide bonds. The number of hydrogen-bond donors (Lipinski definition) is 1. The molecule has 0 saturated heterocycles. The monoisotopic (exact) mass is 522 g/mol. The normalized spacial score (nSPS) is 23.0. The van der Waals surface area contributed by atoms with Crippen LogP contribution >= 0.6 is 0 Å². The van der Waals surface area contributed by atoms with Crippen molar-refractivity contribution in [2.24, 2.45) is 11.8 Å². The van der Waals surface area contributed by atoms with E-state index in [9.17, 15) is 9.59 Å². The molecule has 3 saturated carbocycles. The summed E-state index contributed by atoms with van der Waals surface area (Å²) in [6.45, 7) is 9.54. The number of nitrogens with one attached hydrogen (secondary N) is 1. The molecule has 0 unspecified atom stereocenters. The van der Waals surface area contributed by atoms with Crippen LogP contribution in [0.1, 0.15) is 107 Å². The Hall–Kier alpha value is -2.63. The van der Waals surface area contributed by atoms with Crippen LogP contribution in [0.25, 0.3) is 11.3 Å². The molecule has 5 nitrogen and oxygen atoms in total. The number of benzene rings is 1. The van der Waals surface area contributed by atoms with Crippen molar-refractivity contribution in [2.75, 3.05) is 7.11 Å². The zero-order valence-electron chi connectivity index (χ0n) is 23.7. The van der Waals surface area contributed by atoms with Crippen molar-refractivity contribution in [3.8, 4) is 11.3 Å². The van der Waals surface area contributed by atoms with Crippen LogP contribution in [0.5, 0.6) is 0 Å². The first-order valence-corrected chi connectivity index (χ1v) is 14.4.